The molecule has 1 atom stereocenters. The molecule has 0 N–H and O–H groups in total. The van der Waals surface area contributed by atoms with Crippen LogP contribution in [-0.2, 0) is 10.2 Å². The first-order valence-corrected chi connectivity index (χ1v) is 5.94. The molecule has 1 saturated heterocycles. The standard InChI is InChI=1S/C14H15F2NO/c1-9(2)12(6-17)14(7-18-8-14)11-5-10(15)3-4-13(11)16/h3-5,9,12H,7-8H2,1-2H3. The van der Waals surface area contributed by atoms with Crippen LogP contribution in [0, 0.1) is 34.8 Å². The average molecular weight is 251 g/mol. The highest BCUT2D eigenvalue weighted by Gasteiger charge is 2.50. The fourth-order valence-electron chi connectivity index (χ4n) is 2.61. The van der Waals surface area contributed by atoms with Crippen LogP contribution in [0.25, 0.3) is 0 Å². The van der Waals surface area contributed by atoms with Gasteiger partial charge in [0.2, 0.25) is 0 Å². The number of rotatable bonds is 3. The van der Waals surface area contributed by atoms with E-state index in [4.69, 9.17) is 4.74 Å². The van der Waals surface area contributed by atoms with E-state index in [0.29, 0.717) is 0 Å². The minimum atomic E-state index is -0.713. The molecule has 0 aromatic heterocycles. The molecule has 18 heavy (non-hydrogen) atoms. The third-order valence-corrected chi connectivity index (χ3v) is 3.59. The molecule has 0 amide bonds. The highest BCUT2D eigenvalue weighted by molar-refractivity contribution is 5.33. The molecule has 1 aromatic rings. The summed E-state index contributed by atoms with van der Waals surface area (Å²) < 4.78 is 32.4. The van der Waals surface area contributed by atoms with Crippen molar-refractivity contribution in [2.24, 2.45) is 11.8 Å². The van der Waals surface area contributed by atoms with Crippen molar-refractivity contribution in [1.29, 1.82) is 5.26 Å². The Balaban J connectivity index is 2.50. The Hall–Kier alpha value is -1.47. The molecule has 1 aromatic carbocycles. The zero-order valence-electron chi connectivity index (χ0n) is 10.4. The molecule has 1 aliphatic heterocycles. The van der Waals surface area contributed by atoms with E-state index in [1.54, 1.807) is 0 Å². The lowest BCUT2D eigenvalue weighted by Gasteiger charge is -2.46. The average Bonchev–Trinajstić information content (AvgIpc) is 2.26. The highest BCUT2D eigenvalue weighted by Crippen LogP contribution is 2.43. The summed E-state index contributed by atoms with van der Waals surface area (Å²) >= 11 is 0. The summed E-state index contributed by atoms with van der Waals surface area (Å²) in [4.78, 5) is 0. The molecule has 1 fully saturated rings. The van der Waals surface area contributed by atoms with Crippen LogP contribution in [0.2, 0.25) is 0 Å². The van der Waals surface area contributed by atoms with Gasteiger partial charge in [0.25, 0.3) is 0 Å². The Morgan fingerprint density at radius 1 is 1.33 bits per heavy atom. The van der Waals surface area contributed by atoms with Crippen molar-refractivity contribution in [2.45, 2.75) is 19.3 Å². The van der Waals surface area contributed by atoms with Crippen molar-refractivity contribution in [3.8, 4) is 6.07 Å². The minimum absolute atomic E-state index is 0.0570. The maximum absolute atomic E-state index is 13.9. The molecule has 0 aliphatic carbocycles. The first-order chi connectivity index (χ1) is 8.51. The lowest BCUT2D eigenvalue weighted by molar-refractivity contribution is -0.0893. The third-order valence-electron chi connectivity index (χ3n) is 3.59. The Kier molecular flexibility index (Phi) is 3.36. The zero-order chi connectivity index (χ0) is 13.3. The number of nitriles is 1. The quantitative estimate of drug-likeness (QED) is 0.827. The van der Waals surface area contributed by atoms with Crippen molar-refractivity contribution < 1.29 is 13.5 Å². The molecular formula is C14H15F2NO. The normalized spacial score (nSPS) is 19.1. The molecule has 0 saturated carbocycles. The van der Waals surface area contributed by atoms with Gasteiger partial charge in [-0.25, -0.2) is 8.78 Å². The molecule has 96 valence electrons. The predicted molar refractivity (Wildman–Crippen MR) is 62.8 cm³/mol. The van der Waals surface area contributed by atoms with Gasteiger partial charge in [0.15, 0.2) is 0 Å². The molecule has 2 nitrogen and oxygen atoms in total. The number of halogens is 2. The van der Waals surface area contributed by atoms with E-state index < -0.39 is 17.0 Å². The summed E-state index contributed by atoms with van der Waals surface area (Å²) in [7, 11) is 0. The van der Waals surface area contributed by atoms with Crippen LogP contribution >= 0.6 is 0 Å². The van der Waals surface area contributed by atoms with Gasteiger partial charge >= 0.3 is 0 Å². The SMILES string of the molecule is CC(C)C(C#N)C1(c2cc(F)ccc2F)COC1. The fraction of sp³-hybridized carbons (Fsp3) is 0.500. The lowest BCUT2D eigenvalue weighted by atomic mass is 9.65. The maximum atomic E-state index is 13.9. The second kappa shape index (κ2) is 4.66. The zero-order valence-corrected chi connectivity index (χ0v) is 10.4. The van der Waals surface area contributed by atoms with E-state index >= 15 is 0 Å². The Labute approximate surface area is 105 Å². The van der Waals surface area contributed by atoms with E-state index in [0.717, 1.165) is 12.1 Å². The summed E-state index contributed by atoms with van der Waals surface area (Å²) in [5.74, 6) is -1.29. The van der Waals surface area contributed by atoms with Crippen LogP contribution in [0.4, 0.5) is 8.78 Å². The predicted octanol–water partition coefficient (Wildman–Crippen LogP) is 3.03. The van der Waals surface area contributed by atoms with Crippen LogP contribution < -0.4 is 0 Å². The molecule has 0 spiro atoms. The Bertz CT molecular complexity index is 489. The summed E-state index contributed by atoms with van der Waals surface area (Å²) in [6.07, 6.45) is 0. The molecular weight excluding hydrogens is 236 g/mol. The van der Waals surface area contributed by atoms with E-state index in [1.807, 2.05) is 13.8 Å². The molecule has 1 heterocycles. The third kappa shape index (κ3) is 1.89. The van der Waals surface area contributed by atoms with Crippen molar-refractivity contribution in [3.05, 3.63) is 35.4 Å². The maximum Gasteiger partial charge on any atom is 0.127 e. The largest absolute Gasteiger partial charge is 0.379 e. The van der Waals surface area contributed by atoms with Gasteiger partial charge in [-0.2, -0.15) is 5.26 Å². The van der Waals surface area contributed by atoms with Gasteiger partial charge in [-0.1, -0.05) is 13.8 Å². The van der Waals surface area contributed by atoms with Crippen LogP contribution in [-0.4, -0.2) is 13.2 Å². The number of ether oxygens (including phenoxy) is 1. The van der Waals surface area contributed by atoms with Crippen molar-refractivity contribution in [3.63, 3.8) is 0 Å². The number of nitrogens with zero attached hydrogens (tertiary/aromatic N) is 1. The molecule has 0 bridgehead atoms. The van der Waals surface area contributed by atoms with Gasteiger partial charge in [0.1, 0.15) is 11.6 Å². The van der Waals surface area contributed by atoms with Crippen molar-refractivity contribution in [1.82, 2.24) is 0 Å². The highest BCUT2D eigenvalue weighted by atomic mass is 19.1. The lowest BCUT2D eigenvalue weighted by Crippen LogP contribution is -2.54. The first-order valence-electron chi connectivity index (χ1n) is 5.94. The number of benzene rings is 1. The van der Waals surface area contributed by atoms with Gasteiger partial charge in [0.05, 0.1) is 30.6 Å². The van der Waals surface area contributed by atoms with Crippen molar-refractivity contribution >= 4 is 0 Å². The Morgan fingerprint density at radius 3 is 2.44 bits per heavy atom. The summed E-state index contributed by atoms with van der Waals surface area (Å²) in [6.45, 7) is 4.35. The van der Waals surface area contributed by atoms with Gasteiger partial charge in [-0.15, -0.1) is 0 Å². The second-order valence-corrected chi connectivity index (χ2v) is 5.12. The van der Waals surface area contributed by atoms with Crippen LogP contribution in [0.5, 0.6) is 0 Å². The van der Waals surface area contributed by atoms with E-state index in [2.05, 4.69) is 6.07 Å². The Morgan fingerprint density at radius 2 is 2.00 bits per heavy atom. The van der Waals surface area contributed by atoms with Gasteiger partial charge in [0, 0.05) is 5.56 Å². The van der Waals surface area contributed by atoms with E-state index in [-0.39, 0.29) is 30.6 Å². The van der Waals surface area contributed by atoms with Gasteiger partial charge in [-0.3, -0.25) is 0 Å². The topological polar surface area (TPSA) is 33.0 Å². The fourth-order valence-corrected chi connectivity index (χ4v) is 2.61. The van der Waals surface area contributed by atoms with Crippen molar-refractivity contribution in [2.75, 3.05) is 13.2 Å². The van der Waals surface area contributed by atoms with E-state index in [1.165, 1.54) is 6.07 Å². The molecule has 1 aliphatic rings. The van der Waals surface area contributed by atoms with Crippen LogP contribution in [0.1, 0.15) is 19.4 Å². The van der Waals surface area contributed by atoms with Gasteiger partial charge in [-0.05, 0) is 24.1 Å². The number of hydrogen-bond donors (Lipinski definition) is 0. The number of hydrogen-bond acceptors (Lipinski definition) is 2. The summed E-state index contributed by atoms with van der Waals surface area (Å²) in [5.41, 5.74) is -0.455. The summed E-state index contributed by atoms with van der Waals surface area (Å²) in [5, 5.41) is 9.30. The van der Waals surface area contributed by atoms with Crippen LogP contribution in [0.3, 0.4) is 0 Å². The van der Waals surface area contributed by atoms with E-state index in [9.17, 15) is 14.0 Å². The molecule has 2 rings (SSSR count). The molecule has 0 radical (unpaired) electrons. The minimum Gasteiger partial charge on any atom is -0.379 e. The molecule has 1 unspecified atom stereocenters. The van der Waals surface area contributed by atoms with Gasteiger partial charge < -0.3 is 4.74 Å². The first kappa shape index (κ1) is 13.0. The molecule has 4 heteroatoms. The smallest absolute Gasteiger partial charge is 0.127 e. The summed E-state index contributed by atoms with van der Waals surface area (Å²) in [6, 6.07) is 5.60. The van der Waals surface area contributed by atoms with Crippen LogP contribution in [0.15, 0.2) is 18.2 Å². The monoisotopic (exact) mass is 251 g/mol. The second-order valence-electron chi connectivity index (χ2n) is 5.12.